The van der Waals surface area contributed by atoms with E-state index >= 15 is 0 Å². The number of anilines is 1. The van der Waals surface area contributed by atoms with E-state index in [4.69, 9.17) is 15.0 Å². The van der Waals surface area contributed by atoms with Crippen LogP contribution in [-0.4, -0.2) is 17.4 Å². The zero-order valence-corrected chi connectivity index (χ0v) is 10.3. The van der Waals surface area contributed by atoms with Crippen LogP contribution in [0.5, 0.6) is 11.5 Å². The molecule has 0 fully saturated rings. The third-order valence-electron chi connectivity index (χ3n) is 3.10. The van der Waals surface area contributed by atoms with Crippen LogP contribution in [0.25, 0.3) is 21.9 Å². The molecule has 0 aliphatic carbocycles. The number of phenolic OH excluding ortho intramolecular Hbond substituents is 1. The Hall–Kier alpha value is -2.69. The fraction of sp³-hybridized carbons (Fsp3) is 0.0714. The molecule has 0 bridgehead atoms. The lowest BCUT2D eigenvalue weighted by atomic mass is 10.0. The van der Waals surface area contributed by atoms with E-state index in [0.29, 0.717) is 22.3 Å². The fourth-order valence-corrected chi connectivity index (χ4v) is 2.16. The van der Waals surface area contributed by atoms with Gasteiger partial charge in [0.25, 0.3) is 0 Å². The summed E-state index contributed by atoms with van der Waals surface area (Å²) in [6.07, 6.45) is 1.48. The number of hydrogen-bond acceptors (Lipinski definition) is 5. The number of ether oxygens (including phenoxy) is 1. The van der Waals surface area contributed by atoms with Crippen LogP contribution < -0.4 is 10.5 Å². The summed E-state index contributed by atoms with van der Waals surface area (Å²) >= 11 is 0. The molecule has 0 spiro atoms. The predicted octanol–water partition coefficient (Wildman–Crippen LogP) is 2.79. The number of nitrogens with two attached hydrogens (primary N) is 1. The van der Waals surface area contributed by atoms with Gasteiger partial charge in [0.05, 0.1) is 18.9 Å². The van der Waals surface area contributed by atoms with Crippen LogP contribution in [0.3, 0.4) is 0 Å². The largest absolute Gasteiger partial charge is 0.507 e. The van der Waals surface area contributed by atoms with Crippen molar-refractivity contribution in [2.45, 2.75) is 0 Å². The number of methoxy groups -OCH3 is 1. The molecular weight excluding hydrogens is 244 g/mol. The summed E-state index contributed by atoms with van der Waals surface area (Å²) in [5.41, 5.74) is 6.83. The number of nitrogen functional groups attached to an aromatic ring is 1. The molecule has 5 heteroatoms. The molecule has 3 N–H and O–H groups in total. The van der Waals surface area contributed by atoms with Crippen LogP contribution >= 0.6 is 0 Å². The molecule has 96 valence electrons. The van der Waals surface area contributed by atoms with Crippen molar-refractivity contribution in [2.24, 2.45) is 0 Å². The van der Waals surface area contributed by atoms with Crippen molar-refractivity contribution in [3.05, 3.63) is 36.5 Å². The van der Waals surface area contributed by atoms with E-state index in [2.05, 4.69) is 5.16 Å². The fourth-order valence-electron chi connectivity index (χ4n) is 2.16. The first-order chi connectivity index (χ1) is 9.22. The van der Waals surface area contributed by atoms with Crippen LogP contribution in [0.1, 0.15) is 0 Å². The number of phenols is 1. The maximum absolute atomic E-state index is 10.4. The predicted molar refractivity (Wildman–Crippen MR) is 72.1 cm³/mol. The Labute approximate surface area is 109 Å². The van der Waals surface area contributed by atoms with E-state index in [0.717, 1.165) is 5.39 Å². The summed E-state index contributed by atoms with van der Waals surface area (Å²) < 4.78 is 10.1. The van der Waals surface area contributed by atoms with Gasteiger partial charge in [-0.15, -0.1) is 0 Å². The lowest BCUT2D eigenvalue weighted by Crippen LogP contribution is -1.88. The quantitative estimate of drug-likeness (QED) is 0.736. The second kappa shape index (κ2) is 4.20. The average molecular weight is 256 g/mol. The summed E-state index contributed by atoms with van der Waals surface area (Å²) in [6, 6.07) is 9.12. The van der Waals surface area contributed by atoms with Gasteiger partial charge in [-0.3, -0.25) is 0 Å². The number of benzene rings is 2. The van der Waals surface area contributed by atoms with Gasteiger partial charge in [-0.2, -0.15) is 0 Å². The molecule has 0 unspecified atom stereocenters. The SMILES string of the molecule is COc1cccc2c(O)c(-c3cnoc3N)ccc12. The zero-order chi connectivity index (χ0) is 13.4. The molecule has 1 heterocycles. The van der Waals surface area contributed by atoms with Gasteiger partial charge in [-0.1, -0.05) is 17.3 Å². The van der Waals surface area contributed by atoms with Crippen LogP contribution in [0.4, 0.5) is 5.88 Å². The molecule has 0 radical (unpaired) electrons. The minimum Gasteiger partial charge on any atom is -0.507 e. The number of rotatable bonds is 2. The highest BCUT2D eigenvalue weighted by Gasteiger charge is 2.15. The minimum atomic E-state index is 0.131. The normalized spacial score (nSPS) is 10.8. The van der Waals surface area contributed by atoms with E-state index in [1.54, 1.807) is 13.2 Å². The first-order valence-electron chi connectivity index (χ1n) is 5.71. The van der Waals surface area contributed by atoms with Gasteiger partial charge in [0.15, 0.2) is 0 Å². The van der Waals surface area contributed by atoms with Gasteiger partial charge >= 0.3 is 0 Å². The average Bonchev–Trinajstić information content (AvgIpc) is 2.85. The molecule has 0 amide bonds. The van der Waals surface area contributed by atoms with Gasteiger partial charge in [-0.25, -0.2) is 0 Å². The summed E-state index contributed by atoms with van der Waals surface area (Å²) in [6.45, 7) is 0. The van der Waals surface area contributed by atoms with E-state index in [1.165, 1.54) is 6.20 Å². The van der Waals surface area contributed by atoms with E-state index < -0.39 is 0 Å². The monoisotopic (exact) mass is 256 g/mol. The third-order valence-corrected chi connectivity index (χ3v) is 3.10. The lowest BCUT2D eigenvalue weighted by Gasteiger charge is -2.09. The number of hydrogen-bond donors (Lipinski definition) is 2. The highest BCUT2D eigenvalue weighted by Crippen LogP contribution is 2.40. The van der Waals surface area contributed by atoms with Crippen molar-refractivity contribution in [1.82, 2.24) is 5.16 Å². The molecule has 0 atom stereocenters. The van der Waals surface area contributed by atoms with Crippen LogP contribution in [0, 0.1) is 0 Å². The molecule has 19 heavy (non-hydrogen) atoms. The Morgan fingerprint density at radius 3 is 2.68 bits per heavy atom. The highest BCUT2D eigenvalue weighted by molar-refractivity contribution is 5.98. The smallest absolute Gasteiger partial charge is 0.230 e. The van der Waals surface area contributed by atoms with Crippen molar-refractivity contribution in [3.63, 3.8) is 0 Å². The van der Waals surface area contributed by atoms with E-state index in [-0.39, 0.29) is 11.6 Å². The molecule has 5 nitrogen and oxygen atoms in total. The van der Waals surface area contributed by atoms with Crippen molar-refractivity contribution < 1.29 is 14.4 Å². The van der Waals surface area contributed by atoms with E-state index in [1.807, 2.05) is 24.3 Å². The number of nitrogens with zero attached hydrogens (tertiary/aromatic N) is 1. The first-order valence-corrected chi connectivity index (χ1v) is 5.71. The maximum Gasteiger partial charge on any atom is 0.230 e. The van der Waals surface area contributed by atoms with Crippen LogP contribution in [-0.2, 0) is 0 Å². The molecule has 3 aromatic rings. The molecule has 0 saturated carbocycles. The Morgan fingerprint density at radius 1 is 1.16 bits per heavy atom. The van der Waals surface area contributed by atoms with Crippen LogP contribution in [0.2, 0.25) is 0 Å². The first kappa shape index (κ1) is 11.4. The van der Waals surface area contributed by atoms with Gasteiger partial charge in [0.1, 0.15) is 11.5 Å². The van der Waals surface area contributed by atoms with Crippen molar-refractivity contribution >= 4 is 16.7 Å². The Morgan fingerprint density at radius 2 is 2.00 bits per heavy atom. The van der Waals surface area contributed by atoms with Crippen molar-refractivity contribution in [2.75, 3.05) is 12.8 Å². The standard InChI is InChI=1S/C14H12N2O3/c1-18-12-4-2-3-9-8(12)5-6-10(13(9)17)11-7-16-19-14(11)15/h2-7,17H,15H2,1H3. The number of fused-ring (bicyclic) bond motifs is 1. The Kier molecular flexibility index (Phi) is 2.52. The second-order valence-corrected chi connectivity index (χ2v) is 4.12. The maximum atomic E-state index is 10.4. The highest BCUT2D eigenvalue weighted by atomic mass is 16.5. The summed E-state index contributed by atoms with van der Waals surface area (Å²) in [7, 11) is 1.59. The minimum absolute atomic E-state index is 0.131. The van der Waals surface area contributed by atoms with Gasteiger partial charge in [0.2, 0.25) is 5.88 Å². The van der Waals surface area contributed by atoms with Crippen LogP contribution in [0.15, 0.2) is 41.1 Å². The topological polar surface area (TPSA) is 81.5 Å². The Balaban J connectivity index is 2.31. The van der Waals surface area contributed by atoms with Gasteiger partial charge in [-0.05, 0) is 18.2 Å². The molecule has 0 aliphatic rings. The zero-order valence-electron chi connectivity index (χ0n) is 10.3. The molecule has 0 aliphatic heterocycles. The van der Waals surface area contributed by atoms with E-state index in [9.17, 15) is 5.11 Å². The van der Waals surface area contributed by atoms with Crippen molar-refractivity contribution in [1.29, 1.82) is 0 Å². The molecule has 1 aromatic heterocycles. The number of aromatic nitrogens is 1. The summed E-state index contributed by atoms with van der Waals surface area (Å²) in [5.74, 6) is 1.02. The van der Waals surface area contributed by atoms with Gasteiger partial charge in [0, 0.05) is 16.3 Å². The Bertz CT molecular complexity index is 750. The molecular formula is C14H12N2O3. The molecule has 3 rings (SSSR count). The molecule has 0 saturated heterocycles. The summed E-state index contributed by atoms with van der Waals surface area (Å²) in [4.78, 5) is 0. The lowest BCUT2D eigenvalue weighted by molar-refractivity contribution is 0.419. The molecule has 2 aromatic carbocycles. The summed E-state index contributed by atoms with van der Waals surface area (Å²) in [5, 5.41) is 15.5. The van der Waals surface area contributed by atoms with Gasteiger partial charge < -0.3 is 20.1 Å². The van der Waals surface area contributed by atoms with Crippen molar-refractivity contribution in [3.8, 4) is 22.6 Å². The second-order valence-electron chi connectivity index (χ2n) is 4.12. The number of aromatic hydroxyl groups is 1. The third kappa shape index (κ3) is 1.67.